The van der Waals surface area contributed by atoms with Gasteiger partial charge in [0.25, 0.3) is 0 Å². The van der Waals surface area contributed by atoms with Crippen molar-refractivity contribution in [2.45, 2.75) is 70.4 Å². The number of aliphatic imine (C=N–C) groups is 3. The minimum absolute atomic E-state index is 0.0650. The van der Waals surface area contributed by atoms with E-state index >= 15 is 0 Å². The van der Waals surface area contributed by atoms with Gasteiger partial charge in [0.2, 0.25) is 0 Å². The zero-order valence-electron chi connectivity index (χ0n) is 15.2. The molecule has 0 aliphatic carbocycles. The normalized spacial score (nSPS) is 36.4. The Labute approximate surface area is 149 Å². The first kappa shape index (κ1) is 15.3. The first-order valence-electron chi connectivity index (χ1n) is 9.70. The van der Waals surface area contributed by atoms with Gasteiger partial charge >= 0.3 is 0 Å². The third kappa shape index (κ3) is 2.62. The highest BCUT2D eigenvalue weighted by Crippen LogP contribution is 2.41. The SMILES string of the molecule is CC1CC2=NC1(C)C1CCC(=N1)C=C1CCC(=CC3=NC(=C2)CC3)N1. The summed E-state index contributed by atoms with van der Waals surface area (Å²) in [5.74, 6) is 0.536. The second-order valence-corrected chi connectivity index (χ2v) is 8.31. The van der Waals surface area contributed by atoms with Crippen LogP contribution >= 0.6 is 0 Å². The number of rotatable bonds is 0. The van der Waals surface area contributed by atoms with Crippen molar-refractivity contribution in [2.75, 3.05) is 0 Å². The van der Waals surface area contributed by atoms with Gasteiger partial charge in [-0.1, -0.05) is 6.92 Å². The molecule has 1 saturated heterocycles. The molecule has 1 N–H and O–H groups in total. The Balaban J connectivity index is 1.60. The second-order valence-electron chi connectivity index (χ2n) is 8.31. The Morgan fingerprint density at radius 1 is 0.960 bits per heavy atom. The van der Waals surface area contributed by atoms with E-state index in [1.807, 2.05) is 0 Å². The van der Waals surface area contributed by atoms with Gasteiger partial charge in [0.1, 0.15) is 0 Å². The lowest BCUT2D eigenvalue weighted by molar-refractivity contribution is 0.292. The molecule has 5 aliphatic heterocycles. The maximum Gasteiger partial charge on any atom is 0.0835 e. The molecule has 5 aliphatic rings. The van der Waals surface area contributed by atoms with Gasteiger partial charge in [-0.2, -0.15) is 0 Å². The maximum atomic E-state index is 5.17. The van der Waals surface area contributed by atoms with Crippen molar-refractivity contribution in [1.82, 2.24) is 5.32 Å². The van der Waals surface area contributed by atoms with E-state index in [9.17, 15) is 0 Å². The van der Waals surface area contributed by atoms with E-state index < -0.39 is 0 Å². The average molecular weight is 334 g/mol. The molecule has 1 fully saturated rings. The molecule has 5 rings (SSSR count). The lowest BCUT2D eigenvalue weighted by atomic mass is 9.80. The smallest absolute Gasteiger partial charge is 0.0835 e. The van der Waals surface area contributed by atoms with Gasteiger partial charge in [-0.05, 0) is 76.0 Å². The Bertz CT molecular complexity index is 808. The van der Waals surface area contributed by atoms with Crippen molar-refractivity contribution in [3.63, 3.8) is 0 Å². The van der Waals surface area contributed by atoms with Crippen LogP contribution in [0.15, 0.2) is 50.3 Å². The van der Waals surface area contributed by atoms with Crippen LogP contribution in [0.3, 0.4) is 0 Å². The van der Waals surface area contributed by atoms with Crippen molar-refractivity contribution in [3.8, 4) is 0 Å². The van der Waals surface area contributed by atoms with Crippen LogP contribution in [0.25, 0.3) is 0 Å². The number of hydrogen-bond donors (Lipinski definition) is 1. The number of nitrogens with zero attached hydrogens (tertiary/aromatic N) is 3. The molecule has 8 bridgehead atoms. The van der Waals surface area contributed by atoms with E-state index in [1.165, 1.54) is 34.2 Å². The van der Waals surface area contributed by atoms with Gasteiger partial charge < -0.3 is 5.32 Å². The minimum Gasteiger partial charge on any atom is -0.362 e. The first-order valence-corrected chi connectivity index (χ1v) is 9.70. The van der Waals surface area contributed by atoms with E-state index in [4.69, 9.17) is 15.0 Å². The summed E-state index contributed by atoms with van der Waals surface area (Å²) < 4.78 is 0. The maximum absolute atomic E-state index is 5.17. The second kappa shape index (κ2) is 5.52. The summed E-state index contributed by atoms with van der Waals surface area (Å²) in [5.41, 5.74) is 7.42. The topological polar surface area (TPSA) is 49.1 Å². The molecule has 0 aromatic heterocycles. The van der Waals surface area contributed by atoms with Crippen LogP contribution in [-0.2, 0) is 0 Å². The summed E-state index contributed by atoms with van der Waals surface area (Å²) in [4.78, 5) is 15.1. The van der Waals surface area contributed by atoms with E-state index in [2.05, 4.69) is 37.4 Å². The Kier molecular flexibility index (Phi) is 3.37. The van der Waals surface area contributed by atoms with Gasteiger partial charge in [-0.25, -0.2) is 0 Å². The molecule has 0 spiro atoms. The molecule has 4 heteroatoms. The molecular weight excluding hydrogens is 308 g/mol. The van der Waals surface area contributed by atoms with Gasteiger partial charge in [0.05, 0.1) is 11.6 Å². The highest BCUT2D eigenvalue weighted by atomic mass is 15.0. The summed E-state index contributed by atoms with van der Waals surface area (Å²) >= 11 is 0. The molecular formula is C21H26N4. The van der Waals surface area contributed by atoms with E-state index in [0.29, 0.717) is 12.0 Å². The van der Waals surface area contributed by atoms with Crippen LogP contribution in [-0.4, -0.2) is 28.7 Å². The van der Waals surface area contributed by atoms with Crippen LogP contribution < -0.4 is 5.32 Å². The monoisotopic (exact) mass is 334 g/mol. The molecule has 3 atom stereocenters. The van der Waals surface area contributed by atoms with E-state index in [1.54, 1.807) is 0 Å². The fourth-order valence-electron chi connectivity index (χ4n) is 4.80. The average Bonchev–Trinajstić information content (AvgIpc) is 3.32. The van der Waals surface area contributed by atoms with Crippen molar-refractivity contribution >= 4 is 17.1 Å². The van der Waals surface area contributed by atoms with Crippen molar-refractivity contribution in [1.29, 1.82) is 0 Å². The third-order valence-corrected chi connectivity index (χ3v) is 6.49. The highest BCUT2D eigenvalue weighted by molar-refractivity contribution is 6.02. The number of fused-ring (bicyclic) bond motifs is 6. The fourth-order valence-corrected chi connectivity index (χ4v) is 4.80. The molecule has 130 valence electrons. The van der Waals surface area contributed by atoms with Gasteiger partial charge in [-0.15, -0.1) is 0 Å². The van der Waals surface area contributed by atoms with Gasteiger partial charge in [-0.3, -0.25) is 15.0 Å². The predicted molar refractivity (Wildman–Crippen MR) is 103 cm³/mol. The van der Waals surface area contributed by atoms with E-state index in [0.717, 1.165) is 44.9 Å². The number of nitrogens with one attached hydrogen (secondary N) is 1. The minimum atomic E-state index is -0.0650. The molecule has 3 unspecified atom stereocenters. The van der Waals surface area contributed by atoms with Crippen molar-refractivity contribution in [2.24, 2.45) is 20.9 Å². The van der Waals surface area contributed by atoms with Crippen LogP contribution in [0.5, 0.6) is 0 Å². The Hall–Kier alpha value is -1.97. The van der Waals surface area contributed by atoms with Crippen molar-refractivity contribution < 1.29 is 0 Å². The quantitative estimate of drug-likeness (QED) is 0.712. The van der Waals surface area contributed by atoms with E-state index in [-0.39, 0.29) is 5.54 Å². The highest BCUT2D eigenvalue weighted by Gasteiger charge is 2.44. The van der Waals surface area contributed by atoms with Crippen molar-refractivity contribution in [3.05, 3.63) is 35.3 Å². The standard InChI is InChI=1S/C21H26N4/c1-13-9-19-12-17-6-5-15(23-17)10-14-3-4-16(22-14)11-18-7-8-20(24-18)21(13,2)25-19/h10-13,20,22H,3-9H2,1-2H3. The van der Waals surface area contributed by atoms with Crippen LogP contribution in [0, 0.1) is 5.92 Å². The summed E-state index contributed by atoms with van der Waals surface area (Å²) in [6.45, 7) is 4.64. The van der Waals surface area contributed by atoms with Crippen LogP contribution in [0.1, 0.15) is 58.8 Å². The number of hydrogen-bond acceptors (Lipinski definition) is 4. The molecule has 0 amide bonds. The molecule has 0 radical (unpaired) electrons. The summed E-state index contributed by atoms with van der Waals surface area (Å²) in [6, 6.07) is 0.314. The van der Waals surface area contributed by atoms with Crippen LogP contribution in [0.4, 0.5) is 0 Å². The lowest BCUT2D eigenvalue weighted by Crippen LogP contribution is -2.38. The summed E-state index contributed by atoms with van der Waals surface area (Å²) in [5, 5.41) is 3.59. The lowest BCUT2D eigenvalue weighted by Gasteiger charge is -2.31. The predicted octanol–water partition coefficient (Wildman–Crippen LogP) is 4.11. The van der Waals surface area contributed by atoms with Gasteiger partial charge in [0, 0.05) is 34.2 Å². The largest absolute Gasteiger partial charge is 0.362 e. The van der Waals surface area contributed by atoms with Gasteiger partial charge in [0.15, 0.2) is 0 Å². The zero-order chi connectivity index (χ0) is 17.0. The molecule has 4 nitrogen and oxygen atoms in total. The van der Waals surface area contributed by atoms with Crippen LogP contribution in [0.2, 0.25) is 0 Å². The Morgan fingerprint density at radius 3 is 2.60 bits per heavy atom. The zero-order valence-corrected chi connectivity index (χ0v) is 15.2. The Morgan fingerprint density at radius 2 is 1.76 bits per heavy atom. The molecule has 25 heavy (non-hydrogen) atoms. The molecule has 0 aromatic carbocycles. The molecule has 0 aromatic rings. The first-order chi connectivity index (χ1) is 12.1. The molecule has 5 heterocycles. The fraction of sp³-hybridized carbons (Fsp3) is 0.571. The summed E-state index contributed by atoms with van der Waals surface area (Å²) in [6.07, 6.45) is 14.3. The third-order valence-electron chi connectivity index (χ3n) is 6.49. The summed E-state index contributed by atoms with van der Waals surface area (Å²) in [7, 11) is 0. The molecule has 0 saturated carbocycles. The number of allylic oxidation sites excluding steroid dienone is 6.